The topological polar surface area (TPSA) is 50.1 Å². The lowest BCUT2D eigenvalue weighted by Crippen LogP contribution is -2.10. The highest BCUT2D eigenvalue weighted by molar-refractivity contribution is 5.95. The lowest BCUT2D eigenvalue weighted by atomic mass is 10.0. The van der Waals surface area contributed by atoms with Crippen LogP contribution in [0.5, 0.6) is 5.75 Å². The summed E-state index contributed by atoms with van der Waals surface area (Å²) in [5.74, 6) is -1.11. The van der Waals surface area contributed by atoms with Gasteiger partial charge in [-0.1, -0.05) is 0 Å². The van der Waals surface area contributed by atoms with Crippen LogP contribution in [0.25, 0.3) is 0 Å². The molecule has 0 aliphatic heterocycles. The number of nitrogens with zero attached hydrogens (tertiary/aromatic N) is 1. The maximum atomic E-state index is 12.7. The number of alkyl halides is 3. The number of carbonyl (C=O) groups is 1. The molecule has 0 atom stereocenters. The number of rotatable bonds is 2. The van der Waals surface area contributed by atoms with Crippen LogP contribution < -0.4 is 4.74 Å². The molecule has 0 radical (unpaired) electrons. The van der Waals surface area contributed by atoms with Crippen molar-refractivity contribution in [2.24, 2.45) is 0 Å². The monoisotopic (exact) mass is 243 g/mol. The fourth-order valence-electron chi connectivity index (χ4n) is 1.35. The lowest BCUT2D eigenvalue weighted by molar-refractivity contribution is -0.138. The molecule has 6 heteroatoms. The molecular formula is C11H8F3NO2. The van der Waals surface area contributed by atoms with Gasteiger partial charge in [0, 0.05) is 5.56 Å². The summed E-state index contributed by atoms with van der Waals surface area (Å²) in [6.45, 7) is 1.13. The van der Waals surface area contributed by atoms with Crippen molar-refractivity contribution < 1.29 is 22.7 Å². The number of benzene rings is 1. The van der Waals surface area contributed by atoms with Crippen molar-refractivity contribution in [2.75, 3.05) is 7.11 Å². The van der Waals surface area contributed by atoms with Gasteiger partial charge in [0.25, 0.3) is 0 Å². The molecule has 90 valence electrons. The van der Waals surface area contributed by atoms with Gasteiger partial charge in [0.1, 0.15) is 11.8 Å². The average Bonchev–Trinajstić information content (AvgIpc) is 2.25. The van der Waals surface area contributed by atoms with Crippen LogP contribution in [-0.2, 0) is 6.18 Å². The number of ketones is 1. The highest BCUT2D eigenvalue weighted by Gasteiger charge is 2.36. The number of methoxy groups -OCH3 is 1. The molecule has 0 unspecified atom stereocenters. The van der Waals surface area contributed by atoms with E-state index in [0.717, 1.165) is 20.1 Å². The summed E-state index contributed by atoms with van der Waals surface area (Å²) in [5.41, 5.74) is -1.61. The van der Waals surface area contributed by atoms with E-state index >= 15 is 0 Å². The molecule has 0 fully saturated rings. The Morgan fingerprint density at radius 2 is 2.00 bits per heavy atom. The van der Waals surface area contributed by atoms with E-state index in [4.69, 9.17) is 5.26 Å². The molecule has 0 aliphatic rings. The molecular weight excluding hydrogens is 235 g/mol. The zero-order chi connectivity index (χ0) is 13.2. The van der Waals surface area contributed by atoms with Crippen molar-refractivity contribution >= 4 is 5.78 Å². The van der Waals surface area contributed by atoms with Gasteiger partial charge < -0.3 is 4.74 Å². The van der Waals surface area contributed by atoms with Gasteiger partial charge in [-0.3, -0.25) is 4.79 Å². The fourth-order valence-corrected chi connectivity index (χ4v) is 1.35. The molecule has 0 saturated carbocycles. The number of ether oxygens (including phenoxy) is 1. The zero-order valence-electron chi connectivity index (χ0n) is 9.05. The van der Waals surface area contributed by atoms with Crippen molar-refractivity contribution in [1.82, 2.24) is 0 Å². The Bertz CT molecular complexity index is 501. The molecule has 3 nitrogen and oxygen atoms in total. The Labute approximate surface area is 95.4 Å². The van der Waals surface area contributed by atoms with E-state index in [1.165, 1.54) is 0 Å². The predicted octanol–water partition coefficient (Wildman–Crippen LogP) is 2.79. The number of hydrogen-bond acceptors (Lipinski definition) is 3. The van der Waals surface area contributed by atoms with Gasteiger partial charge in [0.2, 0.25) is 0 Å². The van der Waals surface area contributed by atoms with Crippen LogP contribution in [0, 0.1) is 11.3 Å². The third-order valence-electron chi connectivity index (χ3n) is 2.13. The van der Waals surface area contributed by atoms with Gasteiger partial charge in [0.05, 0.1) is 18.2 Å². The Kier molecular flexibility index (Phi) is 3.42. The first-order chi connectivity index (χ1) is 7.81. The third-order valence-corrected chi connectivity index (χ3v) is 2.13. The molecule has 0 saturated heterocycles. The van der Waals surface area contributed by atoms with Crippen LogP contribution in [-0.4, -0.2) is 12.9 Å². The van der Waals surface area contributed by atoms with E-state index in [-0.39, 0.29) is 11.1 Å². The lowest BCUT2D eigenvalue weighted by Gasteiger charge is -2.14. The van der Waals surface area contributed by atoms with Crippen LogP contribution in [0.4, 0.5) is 13.2 Å². The Balaban J connectivity index is 3.61. The Morgan fingerprint density at radius 3 is 2.35 bits per heavy atom. The van der Waals surface area contributed by atoms with Gasteiger partial charge >= 0.3 is 6.18 Å². The maximum Gasteiger partial charge on any atom is 0.420 e. The van der Waals surface area contributed by atoms with E-state index in [2.05, 4.69) is 4.74 Å². The van der Waals surface area contributed by atoms with E-state index in [9.17, 15) is 18.0 Å². The van der Waals surface area contributed by atoms with Gasteiger partial charge in [0.15, 0.2) is 5.78 Å². The average molecular weight is 243 g/mol. The van der Waals surface area contributed by atoms with Crippen LogP contribution >= 0.6 is 0 Å². The summed E-state index contributed by atoms with van der Waals surface area (Å²) < 4.78 is 42.7. The summed E-state index contributed by atoms with van der Waals surface area (Å²) in [4.78, 5) is 11.1. The van der Waals surface area contributed by atoms with Crippen molar-refractivity contribution in [1.29, 1.82) is 5.26 Å². The van der Waals surface area contributed by atoms with Crippen LogP contribution in [0.3, 0.4) is 0 Å². The highest BCUT2D eigenvalue weighted by atomic mass is 19.4. The first-order valence-electron chi connectivity index (χ1n) is 4.51. The molecule has 0 aromatic heterocycles. The quantitative estimate of drug-likeness (QED) is 0.750. The smallest absolute Gasteiger partial charge is 0.420 e. The number of nitriles is 1. The number of Topliss-reactive ketones (excluding diaryl/α,β-unsaturated/α-hetero) is 1. The second kappa shape index (κ2) is 4.45. The van der Waals surface area contributed by atoms with Crippen molar-refractivity contribution in [3.05, 3.63) is 28.8 Å². The number of hydrogen-bond donors (Lipinski definition) is 0. The molecule has 1 aromatic rings. The first kappa shape index (κ1) is 13.0. The minimum Gasteiger partial charge on any atom is -0.495 e. The molecule has 0 bridgehead atoms. The molecule has 1 rings (SSSR count). The summed E-state index contributed by atoms with van der Waals surface area (Å²) >= 11 is 0. The van der Waals surface area contributed by atoms with Crippen LogP contribution in [0.1, 0.15) is 28.4 Å². The van der Waals surface area contributed by atoms with Gasteiger partial charge in [-0.05, 0) is 19.1 Å². The summed E-state index contributed by atoms with van der Waals surface area (Å²) in [6, 6.07) is 3.34. The largest absolute Gasteiger partial charge is 0.495 e. The van der Waals surface area contributed by atoms with Gasteiger partial charge in [-0.2, -0.15) is 18.4 Å². The van der Waals surface area contributed by atoms with Crippen molar-refractivity contribution in [3.63, 3.8) is 0 Å². The zero-order valence-corrected chi connectivity index (χ0v) is 9.05. The molecule has 0 amide bonds. The highest BCUT2D eigenvalue weighted by Crippen LogP contribution is 2.38. The second-order valence-electron chi connectivity index (χ2n) is 3.27. The molecule has 0 spiro atoms. The van der Waals surface area contributed by atoms with E-state index in [1.54, 1.807) is 6.07 Å². The molecule has 0 heterocycles. The number of carbonyl (C=O) groups excluding carboxylic acids is 1. The minimum absolute atomic E-state index is 0.172. The molecule has 1 aromatic carbocycles. The van der Waals surface area contributed by atoms with Crippen molar-refractivity contribution in [2.45, 2.75) is 13.1 Å². The SMILES string of the molecule is COc1c(C#N)cc(C(C)=O)cc1C(F)(F)F. The molecule has 0 N–H and O–H groups in total. The van der Waals surface area contributed by atoms with Crippen LogP contribution in [0.2, 0.25) is 0 Å². The third kappa shape index (κ3) is 2.56. The summed E-state index contributed by atoms with van der Waals surface area (Å²) in [5, 5.41) is 8.74. The first-order valence-corrected chi connectivity index (χ1v) is 4.51. The standard InChI is InChI=1S/C11H8F3NO2/c1-6(16)7-3-8(5-15)10(17-2)9(4-7)11(12,13)14/h3-4H,1-2H3. The van der Waals surface area contributed by atoms with E-state index < -0.39 is 23.3 Å². The normalized spacial score (nSPS) is 10.8. The van der Waals surface area contributed by atoms with E-state index in [1.807, 2.05) is 0 Å². The fraction of sp³-hybridized carbons (Fsp3) is 0.273. The summed E-state index contributed by atoms with van der Waals surface area (Å²) in [6.07, 6.45) is -4.68. The van der Waals surface area contributed by atoms with Crippen LogP contribution in [0.15, 0.2) is 12.1 Å². The molecule has 17 heavy (non-hydrogen) atoms. The Hall–Kier alpha value is -2.03. The predicted molar refractivity (Wildman–Crippen MR) is 52.7 cm³/mol. The van der Waals surface area contributed by atoms with Gasteiger partial charge in [-0.25, -0.2) is 0 Å². The minimum atomic E-state index is -4.68. The van der Waals surface area contributed by atoms with E-state index in [0.29, 0.717) is 6.07 Å². The number of halogens is 3. The Morgan fingerprint density at radius 1 is 1.41 bits per heavy atom. The maximum absolute atomic E-state index is 12.7. The van der Waals surface area contributed by atoms with Crippen molar-refractivity contribution in [3.8, 4) is 11.8 Å². The summed E-state index contributed by atoms with van der Waals surface area (Å²) in [7, 11) is 1.04. The molecule has 0 aliphatic carbocycles. The van der Waals surface area contributed by atoms with Gasteiger partial charge in [-0.15, -0.1) is 0 Å². The second-order valence-corrected chi connectivity index (χ2v) is 3.27.